The Labute approximate surface area is 109 Å². The van der Waals surface area contributed by atoms with Crippen molar-refractivity contribution in [1.29, 1.82) is 0 Å². The van der Waals surface area contributed by atoms with Gasteiger partial charge in [-0.15, -0.1) is 0 Å². The van der Waals surface area contributed by atoms with Crippen molar-refractivity contribution in [1.82, 2.24) is 10.6 Å². The van der Waals surface area contributed by atoms with Gasteiger partial charge in [-0.3, -0.25) is 9.59 Å². The second kappa shape index (κ2) is 7.36. The van der Waals surface area contributed by atoms with Gasteiger partial charge in [0.05, 0.1) is 0 Å². The van der Waals surface area contributed by atoms with Crippen LogP contribution in [0, 0.1) is 11.8 Å². The Balaban J connectivity index is 2.43. The maximum absolute atomic E-state index is 12.1. The summed E-state index contributed by atoms with van der Waals surface area (Å²) in [5, 5.41) is 5.31. The van der Waals surface area contributed by atoms with Gasteiger partial charge in [-0.25, -0.2) is 0 Å². The van der Waals surface area contributed by atoms with E-state index in [-0.39, 0.29) is 17.7 Å². The Morgan fingerprint density at radius 2 is 2.11 bits per heavy atom. The molecule has 0 saturated heterocycles. The summed E-state index contributed by atoms with van der Waals surface area (Å²) in [6, 6.07) is -0.461. The molecule has 0 aromatic carbocycles. The van der Waals surface area contributed by atoms with E-state index in [1.165, 1.54) is 6.42 Å². The van der Waals surface area contributed by atoms with Crippen LogP contribution in [0.1, 0.15) is 39.0 Å². The summed E-state index contributed by atoms with van der Waals surface area (Å²) in [6.07, 6.45) is 5.08. The third-order valence-electron chi connectivity index (χ3n) is 3.73. The maximum Gasteiger partial charge on any atom is 0.242 e. The molecule has 0 heterocycles. The van der Waals surface area contributed by atoms with Crippen LogP contribution in [0.15, 0.2) is 0 Å². The van der Waals surface area contributed by atoms with Gasteiger partial charge in [0.1, 0.15) is 6.04 Å². The lowest BCUT2D eigenvalue weighted by Crippen LogP contribution is -2.46. The summed E-state index contributed by atoms with van der Waals surface area (Å²) in [5.74, 6) is 0.461. The monoisotopic (exact) mass is 255 g/mol. The third kappa shape index (κ3) is 4.29. The van der Waals surface area contributed by atoms with Gasteiger partial charge in [-0.2, -0.15) is 0 Å². The minimum atomic E-state index is -0.461. The van der Waals surface area contributed by atoms with E-state index in [1.807, 2.05) is 0 Å². The zero-order valence-corrected chi connectivity index (χ0v) is 11.4. The number of carbonyl (C=O) groups is 2. The Morgan fingerprint density at radius 3 is 2.72 bits per heavy atom. The number of nitrogens with one attached hydrogen (secondary N) is 2. The van der Waals surface area contributed by atoms with Crippen LogP contribution in [-0.4, -0.2) is 31.4 Å². The first-order valence-corrected chi connectivity index (χ1v) is 6.80. The summed E-state index contributed by atoms with van der Waals surface area (Å²) in [5.41, 5.74) is 5.57. The van der Waals surface area contributed by atoms with Gasteiger partial charge in [0, 0.05) is 13.0 Å². The Kier molecular flexibility index (Phi) is 6.12. The number of rotatable bonds is 5. The first kappa shape index (κ1) is 15.0. The molecular formula is C13H25N3O2. The predicted molar refractivity (Wildman–Crippen MR) is 70.8 cm³/mol. The SMILES string of the molecule is CNC(=O)C(C)NC(=O)C1CCCC(CCN)C1. The molecule has 4 N–H and O–H groups in total. The second-order valence-corrected chi connectivity index (χ2v) is 5.15. The summed E-state index contributed by atoms with van der Waals surface area (Å²) in [4.78, 5) is 23.4. The van der Waals surface area contributed by atoms with Crippen molar-refractivity contribution in [3.05, 3.63) is 0 Å². The maximum atomic E-state index is 12.1. The Bertz CT molecular complexity index is 292. The molecule has 0 aromatic rings. The normalized spacial score (nSPS) is 25.3. The Morgan fingerprint density at radius 1 is 1.39 bits per heavy atom. The molecule has 1 aliphatic carbocycles. The standard InChI is InChI=1S/C13H25N3O2/c1-9(12(17)15-2)16-13(18)11-5-3-4-10(8-11)6-7-14/h9-11H,3-8,14H2,1-2H3,(H,15,17)(H,16,18). The Hall–Kier alpha value is -1.10. The summed E-state index contributed by atoms with van der Waals surface area (Å²) < 4.78 is 0. The van der Waals surface area contributed by atoms with Gasteiger partial charge >= 0.3 is 0 Å². The summed E-state index contributed by atoms with van der Waals surface area (Å²) in [6.45, 7) is 2.39. The molecule has 104 valence electrons. The first-order chi connectivity index (χ1) is 8.58. The highest BCUT2D eigenvalue weighted by atomic mass is 16.2. The van der Waals surface area contributed by atoms with E-state index in [1.54, 1.807) is 14.0 Å². The molecule has 0 aliphatic heterocycles. The van der Waals surface area contributed by atoms with Crippen LogP contribution in [0.3, 0.4) is 0 Å². The molecule has 1 saturated carbocycles. The molecule has 2 amide bonds. The second-order valence-electron chi connectivity index (χ2n) is 5.15. The number of amides is 2. The number of likely N-dealkylation sites (N-methyl/N-ethyl adjacent to an activating group) is 1. The lowest BCUT2D eigenvalue weighted by molar-refractivity contribution is -0.131. The molecule has 0 bridgehead atoms. The molecule has 1 aliphatic rings. The number of carbonyl (C=O) groups excluding carboxylic acids is 2. The van der Waals surface area contributed by atoms with Crippen LogP contribution in [-0.2, 0) is 9.59 Å². The predicted octanol–water partition coefficient (Wildman–Crippen LogP) is 0.392. The fourth-order valence-electron chi connectivity index (χ4n) is 2.64. The quantitative estimate of drug-likeness (QED) is 0.664. The largest absolute Gasteiger partial charge is 0.357 e. The molecule has 18 heavy (non-hydrogen) atoms. The van der Waals surface area contributed by atoms with Crippen LogP contribution in [0.2, 0.25) is 0 Å². The molecular weight excluding hydrogens is 230 g/mol. The van der Waals surface area contributed by atoms with Crippen LogP contribution in [0.5, 0.6) is 0 Å². The average molecular weight is 255 g/mol. The lowest BCUT2D eigenvalue weighted by Gasteiger charge is -2.28. The van der Waals surface area contributed by atoms with E-state index in [9.17, 15) is 9.59 Å². The van der Waals surface area contributed by atoms with Crippen LogP contribution in [0.25, 0.3) is 0 Å². The van der Waals surface area contributed by atoms with Crippen LogP contribution in [0.4, 0.5) is 0 Å². The molecule has 3 atom stereocenters. The average Bonchev–Trinajstić information content (AvgIpc) is 2.38. The minimum Gasteiger partial charge on any atom is -0.357 e. The molecule has 0 spiro atoms. The van der Waals surface area contributed by atoms with E-state index >= 15 is 0 Å². The summed E-state index contributed by atoms with van der Waals surface area (Å²) >= 11 is 0. The fourth-order valence-corrected chi connectivity index (χ4v) is 2.64. The van der Waals surface area contributed by atoms with Crippen molar-refractivity contribution in [2.75, 3.05) is 13.6 Å². The third-order valence-corrected chi connectivity index (χ3v) is 3.73. The molecule has 5 heteroatoms. The van der Waals surface area contributed by atoms with Crippen molar-refractivity contribution < 1.29 is 9.59 Å². The molecule has 5 nitrogen and oxygen atoms in total. The zero-order valence-electron chi connectivity index (χ0n) is 11.4. The smallest absolute Gasteiger partial charge is 0.242 e. The van der Waals surface area contributed by atoms with E-state index in [2.05, 4.69) is 10.6 Å². The van der Waals surface area contributed by atoms with Gasteiger partial charge < -0.3 is 16.4 Å². The van der Waals surface area contributed by atoms with Crippen molar-refractivity contribution >= 4 is 11.8 Å². The highest BCUT2D eigenvalue weighted by molar-refractivity contribution is 5.88. The molecule has 1 rings (SSSR count). The number of hydrogen-bond acceptors (Lipinski definition) is 3. The minimum absolute atomic E-state index is 0.00724. The highest BCUT2D eigenvalue weighted by Crippen LogP contribution is 2.30. The van der Waals surface area contributed by atoms with E-state index in [4.69, 9.17) is 5.73 Å². The molecule has 1 fully saturated rings. The van der Waals surface area contributed by atoms with Crippen LogP contribution >= 0.6 is 0 Å². The van der Waals surface area contributed by atoms with Gasteiger partial charge in [0.25, 0.3) is 0 Å². The molecule has 0 aromatic heterocycles. The van der Waals surface area contributed by atoms with E-state index < -0.39 is 6.04 Å². The van der Waals surface area contributed by atoms with Gasteiger partial charge in [0.2, 0.25) is 11.8 Å². The van der Waals surface area contributed by atoms with Gasteiger partial charge in [-0.05, 0) is 38.6 Å². The topological polar surface area (TPSA) is 84.2 Å². The number of hydrogen-bond donors (Lipinski definition) is 3. The lowest BCUT2D eigenvalue weighted by atomic mass is 9.79. The fraction of sp³-hybridized carbons (Fsp3) is 0.846. The van der Waals surface area contributed by atoms with Crippen molar-refractivity contribution in [3.63, 3.8) is 0 Å². The highest BCUT2D eigenvalue weighted by Gasteiger charge is 2.28. The molecule has 3 unspecified atom stereocenters. The van der Waals surface area contributed by atoms with Gasteiger partial charge in [-0.1, -0.05) is 12.8 Å². The van der Waals surface area contributed by atoms with E-state index in [0.29, 0.717) is 12.5 Å². The molecule has 0 radical (unpaired) electrons. The zero-order chi connectivity index (χ0) is 13.5. The summed E-state index contributed by atoms with van der Waals surface area (Å²) in [7, 11) is 1.57. The first-order valence-electron chi connectivity index (χ1n) is 6.80. The van der Waals surface area contributed by atoms with Crippen molar-refractivity contribution in [3.8, 4) is 0 Å². The van der Waals surface area contributed by atoms with Crippen LogP contribution < -0.4 is 16.4 Å². The van der Waals surface area contributed by atoms with Crippen molar-refractivity contribution in [2.24, 2.45) is 17.6 Å². The van der Waals surface area contributed by atoms with Gasteiger partial charge in [0.15, 0.2) is 0 Å². The van der Waals surface area contributed by atoms with E-state index in [0.717, 1.165) is 25.7 Å². The number of nitrogens with two attached hydrogens (primary N) is 1. The van der Waals surface area contributed by atoms with Crippen molar-refractivity contribution in [2.45, 2.75) is 45.1 Å².